The van der Waals surface area contributed by atoms with Crippen molar-refractivity contribution in [1.82, 2.24) is 10.2 Å². The van der Waals surface area contributed by atoms with Crippen LogP contribution in [0.4, 0.5) is 10.1 Å². The minimum absolute atomic E-state index is 0.176. The van der Waals surface area contributed by atoms with E-state index in [1.165, 1.54) is 11.0 Å². The van der Waals surface area contributed by atoms with Gasteiger partial charge in [0.15, 0.2) is 0 Å². The fourth-order valence-corrected chi connectivity index (χ4v) is 5.36. The second-order valence-electron chi connectivity index (χ2n) is 9.67. The van der Waals surface area contributed by atoms with Crippen LogP contribution in [0, 0.1) is 12.7 Å². The van der Waals surface area contributed by atoms with E-state index < -0.39 is 34.3 Å². The Balaban J connectivity index is 2.05. The number of carbonyl (C=O) groups excluding carboxylic acids is 2. The van der Waals surface area contributed by atoms with Crippen LogP contribution >= 0.6 is 15.9 Å². The number of aryl methyl sites for hydroxylation is 1. The fourth-order valence-electron chi connectivity index (χ4n) is 4.27. The van der Waals surface area contributed by atoms with E-state index in [1.54, 1.807) is 36.4 Å². The molecule has 0 saturated carbocycles. The number of rotatable bonds is 13. The molecule has 40 heavy (non-hydrogen) atoms. The molecule has 3 rings (SSSR count). The number of nitrogens with one attached hydrogen (secondary N) is 1. The summed E-state index contributed by atoms with van der Waals surface area (Å²) in [7, 11) is -3.88. The lowest BCUT2D eigenvalue weighted by molar-refractivity contribution is -0.140. The second-order valence-corrected chi connectivity index (χ2v) is 12.4. The van der Waals surface area contributed by atoms with E-state index in [9.17, 15) is 22.4 Å². The molecular formula is C30H35BrFN3O4S. The standard InChI is InChI=1S/C30H35BrFN3O4S/c1-4-5-17-33-30(37)28(19-23-11-7-6-8-12-23)34(20-24-13-9-10-14-27(24)32)29(36)21-35(40(3,38)39)25-15-16-26(31)22(2)18-25/h6-16,18,28H,4-5,17,19-21H2,1-3H3,(H,33,37)/t28-/m0/s1. The van der Waals surface area contributed by atoms with Gasteiger partial charge >= 0.3 is 0 Å². The maximum absolute atomic E-state index is 14.8. The molecular weight excluding hydrogens is 597 g/mol. The Kier molecular flexibility index (Phi) is 11.3. The van der Waals surface area contributed by atoms with Crippen molar-refractivity contribution in [2.75, 3.05) is 23.7 Å². The SMILES string of the molecule is CCCCNC(=O)[C@H](Cc1ccccc1)N(Cc1ccccc1F)C(=O)CN(c1ccc(Br)c(C)c1)S(C)(=O)=O. The van der Waals surface area contributed by atoms with Gasteiger partial charge in [-0.2, -0.15) is 0 Å². The summed E-state index contributed by atoms with van der Waals surface area (Å²) in [4.78, 5) is 28.8. The number of hydrogen-bond acceptors (Lipinski definition) is 4. The van der Waals surface area contributed by atoms with Crippen molar-refractivity contribution >= 4 is 43.5 Å². The molecule has 0 saturated heterocycles. The highest BCUT2D eigenvalue weighted by Crippen LogP contribution is 2.25. The van der Waals surface area contributed by atoms with Crippen molar-refractivity contribution in [3.8, 4) is 0 Å². The molecule has 0 aromatic heterocycles. The first-order valence-corrected chi connectivity index (χ1v) is 15.7. The first-order chi connectivity index (χ1) is 19.0. The van der Waals surface area contributed by atoms with E-state index in [2.05, 4.69) is 21.2 Å². The third-order valence-electron chi connectivity index (χ3n) is 6.51. The summed E-state index contributed by atoms with van der Waals surface area (Å²) in [6, 6.07) is 19.3. The maximum atomic E-state index is 14.8. The normalized spacial score (nSPS) is 12.0. The van der Waals surface area contributed by atoms with Gasteiger partial charge in [-0.15, -0.1) is 0 Å². The second kappa shape index (κ2) is 14.4. The van der Waals surface area contributed by atoms with Crippen LogP contribution in [-0.2, 0) is 32.6 Å². The molecule has 2 amide bonds. The van der Waals surface area contributed by atoms with Crippen molar-refractivity contribution in [2.24, 2.45) is 0 Å². The van der Waals surface area contributed by atoms with E-state index in [4.69, 9.17) is 0 Å². The number of carbonyl (C=O) groups is 2. The molecule has 0 radical (unpaired) electrons. The van der Waals surface area contributed by atoms with Crippen molar-refractivity contribution in [3.63, 3.8) is 0 Å². The topological polar surface area (TPSA) is 86.8 Å². The molecule has 3 aromatic carbocycles. The first-order valence-electron chi connectivity index (χ1n) is 13.1. The minimum Gasteiger partial charge on any atom is -0.354 e. The molecule has 10 heteroatoms. The summed E-state index contributed by atoms with van der Waals surface area (Å²) in [5.41, 5.74) is 2.14. The van der Waals surface area contributed by atoms with Crippen LogP contribution in [0.2, 0.25) is 0 Å². The third-order valence-corrected chi connectivity index (χ3v) is 8.54. The van der Waals surface area contributed by atoms with E-state index in [1.807, 2.05) is 44.2 Å². The molecule has 7 nitrogen and oxygen atoms in total. The largest absolute Gasteiger partial charge is 0.354 e. The average Bonchev–Trinajstić information content (AvgIpc) is 2.91. The van der Waals surface area contributed by atoms with Crippen LogP contribution in [0.15, 0.2) is 77.3 Å². The molecule has 0 aliphatic heterocycles. The van der Waals surface area contributed by atoms with Gasteiger partial charge < -0.3 is 10.2 Å². The highest BCUT2D eigenvalue weighted by molar-refractivity contribution is 9.10. The lowest BCUT2D eigenvalue weighted by Gasteiger charge is -2.33. The van der Waals surface area contributed by atoms with Crippen LogP contribution in [0.5, 0.6) is 0 Å². The predicted octanol–water partition coefficient (Wildman–Crippen LogP) is 5.22. The molecule has 0 aliphatic carbocycles. The monoisotopic (exact) mass is 631 g/mol. The summed E-state index contributed by atoms with van der Waals surface area (Å²) in [5, 5.41) is 2.90. The smallest absolute Gasteiger partial charge is 0.244 e. The summed E-state index contributed by atoms with van der Waals surface area (Å²) >= 11 is 3.42. The van der Waals surface area contributed by atoms with E-state index in [0.29, 0.717) is 12.2 Å². The Morgan fingerprint density at radius 3 is 2.33 bits per heavy atom. The van der Waals surface area contributed by atoms with E-state index >= 15 is 0 Å². The van der Waals surface area contributed by atoms with Gasteiger partial charge in [-0.1, -0.05) is 77.8 Å². The van der Waals surface area contributed by atoms with Gasteiger partial charge in [0.05, 0.1) is 11.9 Å². The van der Waals surface area contributed by atoms with Gasteiger partial charge in [0.2, 0.25) is 21.8 Å². The average molecular weight is 633 g/mol. The van der Waals surface area contributed by atoms with Gasteiger partial charge in [0.1, 0.15) is 18.4 Å². The molecule has 1 N–H and O–H groups in total. The number of unbranched alkanes of at least 4 members (excludes halogenated alkanes) is 1. The van der Waals surface area contributed by atoms with Crippen LogP contribution < -0.4 is 9.62 Å². The van der Waals surface area contributed by atoms with Crippen LogP contribution in [-0.4, -0.2) is 50.5 Å². The Hall–Kier alpha value is -3.24. The number of nitrogens with zero attached hydrogens (tertiary/aromatic N) is 2. The van der Waals surface area contributed by atoms with Gasteiger partial charge in [0.25, 0.3) is 0 Å². The van der Waals surface area contributed by atoms with Crippen molar-refractivity contribution in [3.05, 3.63) is 99.8 Å². The molecule has 0 heterocycles. The number of anilines is 1. The van der Waals surface area contributed by atoms with Gasteiger partial charge in [0, 0.05) is 29.5 Å². The molecule has 0 aliphatic rings. The predicted molar refractivity (Wildman–Crippen MR) is 160 cm³/mol. The third kappa shape index (κ3) is 8.63. The quantitative estimate of drug-likeness (QED) is 0.262. The number of sulfonamides is 1. The number of hydrogen-bond donors (Lipinski definition) is 1. The first kappa shape index (κ1) is 31.3. The van der Waals surface area contributed by atoms with Crippen LogP contribution in [0.1, 0.15) is 36.5 Å². The summed E-state index contributed by atoms with van der Waals surface area (Å²) in [5.74, 6) is -1.53. The van der Waals surface area contributed by atoms with Crippen molar-refractivity contribution < 1.29 is 22.4 Å². The zero-order chi connectivity index (χ0) is 29.3. The number of benzene rings is 3. The summed E-state index contributed by atoms with van der Waals surface area (Å²) in [6.45, 7) is 3.49. The molecule has 1 atom stereocenters. The number of amides is 2. The Morgan fingerprint density at radius 1 is 1.02 bits per heavy atom. The van der Waals surface area contributed by atoms with E-state index in [0.717, 1.165) is 39.0 Å². The molecule has 214 valence electrons. The van der Waals surface area contributed by atoms with Gasteiger partial charge in [-0.25, -0.2) is 12.8 Å². The summed E-state index contributed by atoms with van der Waals surface area (Å²) in [6.07, 6.45) is 2.83. The van der Waals surface area contributed by atoms with E-state index in [-0.39, 0.29) is 24.4 Å². The highest BCUT2D eigenvalue weighted by Gasteiger charge is 2.33. The van der Waals surface area contributed by atoms with Crippen molar-refractivity contribution in [2.45, 2.75) is 45.7 Å². The lowest BCUT2D eigenvalue weighted by atomic mass is 10.0. The fraction of sp³-hybridized carbons (Fsp3) is 0.333. The summed E-state index contributed by atoms with van der Waals surface area (Å²) < 4.78 is 42.4. The molecule has 3 aromatic rings. The van der Waals surface area contributed by atoms with Gasteiger partial charge in [-0.05, 0) is 48.7 Å². The molecule has 0 fully saturated rings. The molecule has 0 unspecified atom stereocenters. The zero-order valence-electron chi connectivity index (χ0n) is 22.9. The molecule has 0 bridgehead atoms. The van der Waals surface area contributed by atoms with Crippen LogP contribution in [0.3, 0.4) is 0 Å². The minimum atomic E-state index is -3.88. The number of halogens is 2. The Morgan fingerprint density at radius 2 is 1.70 bits per heavy atom. The zero-order valence-corrected chi connectivity index (χ0v) is 25.3. The Bertz CT molecular complexity index is 1420. The van der Waals surface area contributed by atoms with Crippen LogP contribution in [0.25, 0.3) is 0 Å². The Labute approximate surface area is 244 Å². The highest BCUT2D eigenvalue weighted by atomic mass is 79.9. The maximum Gasteiger partial charge on any atom is 0.244 e. The van der Waals surface area contributed by atoms with Crippen molar-refractivity contribution in [1.29, 1.82) is 0 Å². The molecule has 0 spiro atoms. The lowest BCUT2D eigenvalue weighted by Crippen LogP contribution is -2.53. The van der Waals surface area contributed by atoms with Gasteiger partial charge in [-0.3, -0.25) is 13.9 Å².